The van der Waals surface area contributed by atoms with Crippen LogP contribution in [0.2, 0.25) is 0 Å². The van der Waals surface area contributed by atoms with Crippen molar-refractivity contribution in [1.29, 1.82) is 0 Å². The van der Waals surface area contributed by atoms with E-state index in [2.05, 4.69) is 76.6 Å². The van der Waals surface area contributed by atoms with Gasteiger partial charge in [0.1, 0.15) is 6.61 Å². The van der Waals surface area contributed by atoms with E-state index in [-0.39, 0.29) is 11.6 Å². The highest BCUT2D eigenvalue weighted by Crippen LogP contribution is 2.41. The van der Waals surface area contributed by atoms with Gasteiger partial charge in [0.2, 0.25) is 0 Å². The van der Waals surface area contributed by atoms with Gasteiger partial charge in [-0.25, -0.2) is 4.99 Å². The molecule has 1 aliphatic heterocycles. The lowest BCUT2D eigenvalue weighted by molar-refractivity contribution is 0.285. The second kappa shape index (κ2) is 11.9. The van der Waals surface area contributed by atoms with Crippen molar-refractivity contribution >= 4 is 49.8 Å². The molecule has 0 N–H and O–H groups in total. The number of fused-ring (bicyclic) bond motifs is 4. The molecule has 5 aromatic carbocycles. The Labute approximate surface area is 278 Å². The predicted octanol–water partition coefficient (Wildman–Crippen LogP) is 7.82. The summed E-state index contributed by atoms with van der Waals surface area (Å²) < 4.78 is 15.5. The fourth-order valence-corrected chi connectivity index (χ4v) is 7.85. The average molecular weight is 686 g/mol. The SMILES string of the molecule is COc1cc(/C=c2/sc3n(c2=O)[C@H](c2ccc(Br)cc2)C2=C(N=3)c3ccccc3CC2)ccc1OCc1cccc2ccccc12. The van der Waals surface area contributed by atoms with E-state index in [4.69, 9.17) is 14.5 Å². The lowest BCUT2D eigenvalue weighted by Gasteiger charge is -2.30. The summed E-state index contributed by atoms with van der Waals surface area (Å²) in [5, 5.41) is 2.35. The van der Waals surface area contributed by atoms with Gasteiger partial charge >= 0.3 is 0 Å². The van der Waals surface area contributed by atoms with Crippen molar-refractivity contribution in [2.75, 3.05) is 7.11 Å². The zero-order valence-corrected chi connectivity index (χ0v) is 27.5. The first kappa shape index (κ1) is 28.7. The molecule has 1 aromatic heterocycles. The molecule has 0 radical (unpaired) electrons. The highest BCUT2D eigenvalue weighted by Gasteiger charge is 2.32. The summed E-state index contributed by atoms with van der Waals surface area (Å²) in [5.74, 6) is 1.26. The molecule has 1 atom stereocenters. The third-order valence-electron chi connectivity index (χ3n) is 8.81. The molecule has 7 heteroatoms. The average Bonchev–Trinajstić information content (AvgIpc) is 3.40. The Bertz CT molecular complexity index is 2350. The molecular formula is C39H29BrN2O3S. The summed E-state index contributed by atoms with van der Waals surface area (Å²) in [4.78, 5) is 20.0. The van der Waals surface area contributed by atoms with E-state index >= 15 is 0 Å². The van der Waals surface area contributed by atoms with Crippen LogP contribution in [0.1, 0.15) is 40.3 Å². The van der Waals surface area contributed by atoms with Crippen molar-refractivity contribution < 1.29 is 9.47 Å². The van der Waals surface area contributed by atoms with E-state index in [1.54, 1.807) is 7.11 Å². The number of ether oxygens (including phenoxy) is 2. The second-order valence-electron chi connectivity index (χ2n) is 11.5. The van der Waals surface area contributed by atoms with Crippen LogP contribution < -0.4 is 24.4 Å². The number of halogens is 1. The maximum Gasteiger partial charge on any atom is 0.271 e. The van der Waals surface area contributed by atoms with Crippen LogP contribution in [0.4, 0.5) is 0 Å². The molecule has 0 amide bonds. The highest BCUT2D eigenvalue weighted by atomic mass is 79.9. The quantitative estimate of drug-likeness (QED) is 0.180. The molecule has 2 heterocycles. The Hall–Kier alpha value is -4.72. The number of hydrogen-bond donors (Lipinski definition) is 0. The van der Waals surface area contributed by atoms with E-state index in [1.807, 2.05) is 59.2 Å². The first-order chi connectivity index (χ1) is 22.6. The van der Waals surface area contributed by atoms with Crippen LogP contribution >= 0.6 is 27.3 Å². The molecule has 6 aromatic rings. The van der Waals surface area contributed by atoms with Crippen LogP contribution in [-0.2, 0) is 13.0 Å². The molecule has 0 spiro atoms. The maximum absolute atomic E-state index is 14.2. The Morgan fingerprint density at radius 1 is 0.913 bits per heavy atom. The van der Waals surface area contributed by atoms with Crippen molar-refractivity contribution in [3.63, 3.8) is 0 Å². The molecule has 226 valence electrons. The number of nitrogens with zero attached hydrogens (tertiary/aromatic N) is 2. The third-order valence-corrected chi connectivity index (χ3v) is 10.3. The van der Waals surface area contributed by atoms with Gasteiger partial charge in [-0.3, -0.25) is 9.36 Å². The van der Waals surface area contributed by atoms with Gasteiger partial charge in [-0.15, -0.1) is 0 Å². The zero-order valence-electron chi connectivity index (χ0n) is 25.1. The van der Waals surface area contributed by atoms with Gasteiger partial charge in [-0.2, -0.15) is 0 Å². The maximum atomic E-state index is 14.2. The number of aromatic nitrogens is 1. The topological polar surface area (TPSA) is 52.8 Å². The lowest BCUT2D eigenvalue weighted by atomic mass is 9.83. The monoisotopic (exact) mass is 684 g/mol. The summed E-state index contributed by atoms with van der Waals surface area (Å²) in [6.45, 7) is 0.416. The lowest BCUT2D eigenvalue weighted by Crippen LogP contribution is -2.38. The molecule has 1 aliphatic carbocycles. The first-order valence-corrected chi connectivity index (χ1v) is 16.8. The van der Waals surface area contributed by atoms with Crippen LogP contribution in [-0.4, -0.2) is 11.7 Å². The molecule has 46 heavy (non-hydrogen) atoms. The van der Waals surface area contributed by atoms with Crippen molar-refractivity contribution in [2.24, 2.45) is 4.99 Å². The van der Waals surface area contributed by atoms with Crippen LogP contribution in [0.25, 0.3) is 22.5 Å². The highest BCUT2D eigenvalue weighted by molar-refractivity contribution is 9.10. The van der Waals surface area contributed by atoms with Crippen molar-refractivity contribution in [3.05, 3.63) is 167 Å². The Kier molecular flexibility index (Phi) is 7.43. The summed E-state index contributed by atoms with van der Waals surface area (Å²) in [5.41, 5.74) is 7.64. The van der Waals surface area contributed by atoms with Gasteiger partial charge in [0, 0.05) is 10.0 Å². The standard InChI is InChI=1S/C39H29BrN2O3S/c1-44-34-21-24(13-20-33(34)45-23-28-10-6-9-25-7-2-4-11-30(25)28)22-35-38(43)42-37(27-14-17-29(40)18-15-27)32-19-16-26-8-3-5-12-31(26)36(32)41-39(42)46-35/h2-15,17-18,20-22,37H,16,19,23H2,1H3/b35-22+/t37-/m1/s1. The minimum atomic E-state index is -0.214. The van der Waals surface area contributed by atoms with E-state index in [0.717, 1.165) is 45.3 Å². The van der Waals surface area contributed by atoms with Crippen molar-refractivity contribution in [2.45, 2.75) is 25.5 Å². The first-order valence-electron chi connectivity index (χ1n) is 15.2. The van der Waals surface area contributed by atoms with Crippen LogP contribution in [0, 0.1) is 0 Å². The zero-order chi connectivity index (χ0) is 31.2. The summed E-state index contributed by atoms with van der Waals surface area (Å²) in [6.07, 6.45) is 3.71. The molecule has 0 saturated carbocycles. The number of rotatable bonds is 6. The summed E-state index contributed by atoms with van der Waals surface area (Å²) in [7, 11) is 1.64. The summed E-state index contributed by atoms with van der Waals surface area (Å²) >= 11 is 5.00. The fraction of sp³-hybridized carbons (Fsp3) is 0.128. The smallest absolute Gasteiger partial charge is 0.271 e. The fourth-order valence-electron chi connectivity index (χ4n) is 6.59. The number of allylic oxidation sites excluding steroid dienone is 1. The second-order valence-corrected chi connectivity index (χ2v) is 13.4. The molecule has 0 fully saturated rings. The molecule has 2 aliphatic rings. The number of methoxy groups -OCH3 is 1. The van der Waals surface area contributed by atoms with Gasteiger partial charge in [0.05, 0.1) is 23.4 Å². The van der Waals surface area contributed by atoms with E-state index < -0.39 is 0 Å². The predicted molar refractivity (Wildman–Crippen MR) is 188 cm³/mol. The Balaban J connectivity index is 1.18. The molecule has 8 rings (SSSR count). The number of hydrogen-bond acceptors (Lipinski definition) is 5. The Morgan fingerprint density at radius 2 is 1.72 bits per heavy atom. The van der Waals surface area contributed by atoms with E-state index in [0.29, 0.717) is 27.4 Å². The molecule has 0 saturated heterocycles. The number of benzene rings is 5. The number of aryl methyl sites for hydroxylation is 1. The normalized spacial score (nSPS) is 15.6. The van der Waals surface area contributed by atoms with Gasteiger partial charge in [-0.05, 0) is 81.8 Å². The minimum absolute atomic E-state index is 0.0441. The summed E-state index contributed by atoms with van der Waals surface area (Å²) in [6, 6.07) is 36.9. The minimum Gasteiger partial charge on any atom is -0.493 e. The van der Waals surface area contributed by atoms with Gasteiger partial charge in [0.25, 0.3) is 5.56 Å². The van der Waals surface area contributed by atoms with E-state index in [9.17, 15) is 4.79 Å². The van der Waals surface area contributed by atoms with Crippen molar-refractivity contribution in [3.8, 4) is 11.5 Å². The van der Waals surface area contributed by atoms with Crippen molar-refractivity contribution in [1.82, 2.24) is 4.57 Å². The molecular weight excluding hydrogens is 656 g/mol. The van der Waals surface area contributed by atoms with Gasteiger partial charge in [-0.1, -0.05) is 112 Å². The molecule has 0 unspecified atom stereocenters. The molecule has 0 bridgehead atoms. The van der Waals surface area contributed by atoms with E-state index in [1.165, 1.54) is 33.2 Å². The van der Waals surface area contributed by atoms with Gasteiger partial charge < -0.3 is 9.47 Å². The van der Waals surface area contributed by atoms with Crippen LogP contribution in [0.15, 0.2) is 129 Å². The van der Waals surface area contributed by atoms with Gasteiger partial charge in [0.15, 0.2) is 16.3 Å². The largest absolute Gasteiger partial charge is 0.493 e. The van der Waals surface area contributed by atoms with Crippen LogP contribution in [0.5, 0.6) is 11.5 Å². The Morgan fingerprint density at radius 3 is 2.59 bits per heavy atom. The third kappa shape index (κ3) is 5.10. The molecule has 5 nitrogen and oxygen atoms in total. The van der Waals surface area contributed by atoms with Crippen LogP contribution in [0.3, 0.4) is 0 Å². The number of thiazole rings is 1.